The van der Waals surface area contributed by atoms with Crippen LogP contribution in [0.15, 0.2) is 18.2 Å². The van der Waals surface area contributed by atoms with Gasteiger partial charge in [-0.1, -0.05) is 38.5 Å². The molecule has 2 saturated carbocycles. The van der Waals surface area contributed by atoms with Crippen LogP contribution < -0.4 is 15.5 Å². The van der Waals surface area contributed by atoms with Crippen LogP contribution in [0.5, 0.6) is 0 Å². The SMILES string of the molecule is O=C(Nc1cc(C(=O)N2CCNCC2)ccc1N1CCCN(C(=O)C2CCCCC2)CC1)C1CCCCC1. The molecule has 0 bridgehead atoms. The van der Waals surface area contributed by atoms with E-state index in [1.807, 2.05) is 23.1 Å². The van der Waals surface area contributed by atoms with Crippen molar-refractivity contribution >= 4 is 29.1 Å². The van der Waals surface area contributed by atoms with Crippen molar-refractivity contribution in [2.24, 2.45) is 11.8 Å². The van der Waals surface area contributed by atoms with Crippen molar-refractivity contribution in [3.8, 4) is 0 Å². The predicted octanol–water partition coefficient (Wildman–Crippen LogP) is 3.87. The van der Waals surface area contributed by atoms with Gasteiger partial charge < -0.3 is 25.3 Å². The Morgan fingerprint density at radius 1 is 0.711 bits per heavy atom. The first-order chi connectivity index (χ1) is 18.6. The molecule has 2 heterocycles. The lowest BCUT2D eigenvalue weighted by Gasteiger charge is -2.30. The van der Waals surface area contributed by atoms with E-state index >= 15 is 0 Å². The Morgan fingerprint density at radius 2 is 1.39 bits per heavy atom. The zero-order valence-corrected chi connectivity index (χ0v) is 22.9. The fraction of sp³-hybridized carbons (Fsp3) is 0.700. The molecule has 0 spiro atoms. The quantitative estimate of drug-likeness (QED) is 0.612. The predicted molar refractivity (Wildman–Crippen MR) is 150 cm³/mol. The summed E-state index contributed by atoms with van der Waals surface area (Å²) in [6.07, 6.45) is 11.8. The maximum atomic E-state index is 13.3. The number of benzene rings is 1. The first-order valence-corrected chi connectivity index (χ1v) is 15.1. The van der Waals surface area contributed by atoms with Gasteiger partial charge in [-0.2, -0.15) is 0 Å². The monoisotopic (exact) mass is 523 g/mol. The van der Waals surface area contributed by atoms with Gasteiger partial charge in [0.05, 0.1) is 11.4 Å². The van der Waals surface area contributed by atoms with Gasteiger partial charge in [-0.05, 0) is 50.3 Å². The summed E-state index contributed by atoms with van der Waals surface area (Å²) in [5, 5.41) is 6.54. The zero-order chi connectivity index (χ0) is 26.3. The van der Waals surface area contributed by atoms with E-state index in [-0.39, 0.29) is 23.7 Å². The third kappa shape index (κ3) is 6.50. The van der Waals surface area contributed by atoms with Crippen LogP contribution in [0, 0.1) is 11.8 Å². The lowest BCUT2D eigenvalue weighted by atomic mass is 9.88. The highest BCUT2D eigenvalue weighted by atomic mass is 16.2. The Kier molecular flexibility index (Phi) is 9.20. The molecule has 1 aromatic carbocycles. The van der Waals surface area contributed by atoms with Crippen molar-refractivity contribution in [2.75, 3.05) is 62.6 Å². The number of piperazine rings is 1. The van der Waals surface area contributed by atoms with Crippen molar-refractivity contribution < 1.29 is 14.4 Å². The Hall–Kier alpha value is -2.61. The fourth-order valence-electron chi connectivity index (χ4n) is 6.68. The maximum Gasteiger partial charge on any atom is 0.254 e. The average Bonchev–Trinajstić information content (AvgIpc) is 3.24. The molecule has 2 aliphatic heterocycles. The van der Waals surface area contributed by atoms with Crippen molar-refractivity contribution in [2.45, 2.75) is 70.6 Å². The largest absolute Gasteiger partial charge is 0.368 e. The second-order valence-electron chi connectivity index (χ2n) is 11.6. The molecular formula is C30H45N5O3. The van der Waals surface area contributed by atoms with Crippen molar-refractivity contribution in [1.29, 1.82) is 0 Å². The average molecular weight is 524 g/mol. The summed E-state index contributed by atoms with van der Waals surface area (Å²) in [4.78, 5) is 46.0. The van der Waals surface area contributed by atoms with Gasteiger partial charge in [0.15, 0.2) is 0 Å². The molecule has 0 unspecified atom stereocenters. The molecule has 208 valence electrons. The highest BCUT2D eigenvalue weighted by Crippen LogP contribution is 2.32. The number of hydrogen-bond acceptors (Lipinski definition) is 5. The van der Waals surface area contributed by atoms with E-state index in [0.717, 1.165) is 89.0 Å². The van der Waals surface area contributed by atoms with Crippen LogP contribution >= 0.6 is 0 Å². The van der Waals surface area contributed by atoms with Gasteiger partial charge in [0, 0.05) is 69.8 Å². The number of anilines is 2. The number of nitrogens with zero attached hydrogens (tertiary/aromatic N) is 3. The van der Waals surface area contributed by atoms with Gasteiger partial charge in [-0.25, -0.2) is 0 Å². The third-order valence-corrected chi connectivity index (χ3v) is 8.98. The Morgan fingerprint density at radius 3 is 2.11 bits per heavy atom. The van der Waals surface area contributed by atoms with E-state index in [1.54, 1.807) is 0 Å². The standard InChI is InChI=1S/C30H45N5O3/c36-28(23-8-3-1-4-9-23)32-26-22-25(30(38)35-18-14-31-15-19-35)12-13-27(26)33-16-7-17-34(21-20-33)29(37)24-10-5-2-6-11-24/h12-13,22-24,31H,1-11,14-21H2,(H,32,36). The number of amides is 3. The summed E-state index contributed by atoms with van der Waals surface area (Å²) in [6, 6.07) is 5.80. The number of carbonyl (C=O) groups is 3. The molecule has 2 aliphatic carbocycles. The molecule has 0 atom stereocenters. The molecule has 2 saturated heterocycles. The highest BCUT2D eigenvalue weighted by Gasteiger charge is 2.29. The Balaban J connectivity index is 1.33. The lowest BCUT2D eigenvalue weighted by molar-refractivity contribution is -0.136. The summed E-state index contributed by atoms with van der Waals surface area (Å²) in [5.41, 5.74) is 2.31. The molecule has 38 heavy (non-hydrogen) atoms. The van der Waals surface area contributed by atoms with Crippen LogP contribution in [0.2, 0.25) is 0 Å². The molecule has 4 aliphatic rings. The third-order valence-electron chi connectivity index (χ3n) is 8.98. The van der Waals surface area contributed by atoms with Crippen molar-refractivity contribution in [3.63, 3.8) is 0 Å². The first-order valence-electron chi connectivity index (χ1n) is 15.1. The molecule has 5 rings (SSSR count). The minimum absolute atomic E-state index is 0.0198. The molecule has 0 aromatic heterocycles. The molecule has 0 radical (unpaired) electrons. The van der Waals surface area contributed by atoms with E-state index in [9.17, 15) is 14.4 Å². The summed E-state index contributed by atoms with van der Waals surface area (Å²) in [7, 11) is 0. The van der Waals surface area contributed by atoms with Crippen LogP contribution in [0.1, 0.15) is 81.0 Å². The minimum atomic E-state index is 0.0198. The summed E-state index contributed by atoms with van der Waals surface area (Å²) in [5.74, 6) is 0.648. The molecule has 8 nitrogen and oxygen atoms in total. The second-order valence-corrected chi connectivity index (χ2v) is 11.6. The topological polar surface area (TPSA) is 85.0 Å². The van der Waals surface area contributed by atoms with Gasteiger partial charge in [-0.3, -0.25) is 14.4 Å². The van der Waals surface area contributed by atoms with E-state index < -0.39 is 0 Å². The van der Waals surface area contributed by atoms with Crippen LogP contribution in [0.25, 0.3) is 0 Å². The molecular weight excluding hydrogens is 478 g/mol. The number of carbonyl (C=O) groups excluding carboxylic acids is 3. The van der Waals surface area contributed by atoms with Crippen LogP contribution in [-0.4, -0.2) is 79.9 Å². The lowest BCUT2D eigenvalue weighted by Crippen LogP contribution is -2.46. The Labute approximate surface area is 227 Å². The van der Waals surface area contributed by atoms with E-state index in [2.05, 4.69) is 20.4 Å². The maximum absolute atomic E-state index is 13.3. The van der Waals surface area contributed by atoms with Gasteiger partial charge in [0.2, 0.25) is 11.8 Å². The van der Waals surface area contributed by atoms with Gasteiger partial charge in [0.25, 0.3) is 5.91 Å². The smallest absolute Gasteiger partial charge is 0.254 e. The van der Waals surface area contributed by atoms with E-state index in [0.29, 0.717) is 31.1 Å². The molecule has 3 amide bonds. The van der Waals surface area contributed by atoms with Crippen LogP contribution in [0.4, 0.5) is 11.4 Å². The van der Waals surface area contributed by atoms with Crippen molar-refractivity contribution in [1.82, 2.24) is 15.1 Å². The van der Waals surface area contributed by atoms with E-state index in [4.69, 9.17) is 0 Å². The van der Waals surface area contributed by atoms with Gasteiger partial charge in [-0.15, -0.1) is 0 Å². The molecule has 4 fully saturated rings. The normalized spacial score (nSPS) is 22.2. The summed E-state index contributed by atoms with van der Waals surface area (Å²) >= 11 is 0. The van der Waals surface area contributed by atoms with Crippen molar-refractivity contribution in [3.05, 3.63) is 23.8 Å². The number of rotatable bonds is 5. The van der Waals surface area contributed by atoms with E-state index in [1.165, 1.54) is 25.7 Å². The van der Waals surface area contributed by atoms with Crippen LogP contribution in [-0.2, 0) is 9.59 Å². The molecule has 1 aromatic rings. The molecule has 8 heteroatoms. The second kappa shape index (κ2) is 13.0. The number of nitrogens with one attached hydrogen (secondary N) is 2. The van der Waals surface area contributed by atoms with Gasteiger partial charge >= 0.3 is 0 Å². The minimum Gasteiger partial charge on any atom is -0.368 e. The summed E-state index contributed by atoms with van der Waals surface area (Å²) < 4.78 is 0. The first kappa shape index (κ1) is 27.0. The Bertz CT molecular complexity index is 980. The van der Waals surface area contributed by atoms with Gasteiger partial charge in [0.1, 0.15) is 0 Å². The number of hydrogen-bond donors (Lipinski definition) is 2. The fourth-order valence-corrected chi connectivity index (χ4v) is 6.68. The summed E-state index contributed by atoms with van der Waals surface area (Å²) in [6.45, 7) is 6.05. The van der Waals surface area contributed by atoms with Crippen LogP contribution in [0.3, 0.4) is 0 Å². The zero-order valence-electron chi connectivity index (χ0n) is 22.9. The molecule has 2 N–H and O–H groups in total. The highest BCUT2D eigenvalue weighted by molar-refractivity contribution is 6.00.